The Balaban J connectivity index is 1.70. The molecule has 33 heavy (non-hydrogen) atoms. The molecule has 0 spiro atoms. The number of β-amino-alcohol motifs (C(OH)–C–C–N with tert-alkyl or cyclic N) is 1. The van der Waals surface area contributed by atoms with Gasteiger partial charge in [-0.25, -0.2) is 14.4 Å². The molecule has 174 valence electrons. The second-order valence-corrected chi connectivity index (χ2v) is 8.63. The molecule has 1 fully saturated rings. The number of anilines is 1. The maximum atomic E-state index is 14.6. The first-order valence-corrected chi connectivity index (χ1v) is 11.9. The number of aryl methyl sites for hydroxylation is 1. The molecule has 1 aliphatic heterocycles. The molecule has 0 amide bonds. The lowest BCUT2D eigenvalue weighted by Gasteiger charge is -2.37. The number of benzene rings is 2. The molecule has 3 aromatic rings. The summed E-state index contributed by atoms with van der Waals surface area (Å²) in [4.78, 5) is 14.5. The van der Waals surface area contributed by atoms with E-state index in [2.05, 4.69) is 16.7 Å². The van der Waals surface area contributed by atoms with Crippen LogP contribution in [0.4, 0.5) is 10.2 Å². The molecular formula is C27H33FN4O. The Bertz CT molecular complexity index is 1050. The largest absolute Gasteiger partial charge is 0.392 e. The number of piperazine rings is 1. The molecule has 1 N–H and O–H groups in total. The topological polar surface area (TPSA) is 52.5 Å². The first-order chi connectivity index (χ1) is 16.1. The van der Waals surface area contributed by atoms with Gasteiger partial charge in [-0.3, -0.25) is 4.90 Å². The average Bonchev–Trinajstić information content (AvgIpc) is 2.86. The predicted octanol–water partition coefficient (Wildman–Crippen LogP) is 4.33. The van der Waals surface area contributed by atoms with Crippen molar-refractivity contribution in [1.82, 2.24) is 14.9 Å². The van der Waals surface area contributed by atoms with Gasteiger partial charge in [0.2, 0.25) is 0 Å². The zero-order valence-corrected chi connectivity index (χ0v) is 19.5. The van der Waals surface area contributed by atoms with Crippen molar-refractivity contribution in [2.24, 2.45) is 0 Å². The first kappa shape index (κ1) is 23.3. The maximum absolute atomic E-state index is 14.6. The highest BCUT2D eigenvalue weighted by molar-refractivity contribution is 5.61. The van der Waals surface area contributed by atoms with Gasteiger partial charge >= 0.3 is 0 Å². The third-order valence-electron chi connectivity index (χ3n) is 6.37. The number of halogens is 1. The molecule has 1 saturated heterocycles. The van der Waals surface area contributed by atoms with Crippen LogP contribution in [0.3, 0.4) is 0 Å². The van der Waals surface area contributed by atoms with Crippen molar-refractivity contribution in [3.8, 4) is 11.4 Å². The zero-order valence-electron chi connectivity index (χ0n) is 19.5. The number of rotatable bonds is 8. The molecule has 0 aliphatic carbocycles. The molecule has 1 atom stereocenters. The van der Waals surface area contributed by atoms with E-state index in [9.17, 15) is 9.50 Å². The van der Waals surface area contributed by atoms with Gasteiger partial charge in [0.1, 0.15) is 11.6 Å². The van der Waals surface area contributed by atoms with Gasteiger partial charge in [-0.2, -0.15) is 0 Å². The van der Waals surface area contributed by atoms with Crippen LogP contribution in [-0.4, -0.2) is 58.8 Å². The second-order valence-electron chi connectivity index (χ2n) is 8.63. The van der Waals surface area contributed by atoms with Crippen LogP contribution in [0.1, 0.15) is 37.1 Å². The summed E-state index contributed by atoms with van der Waals surface area (Å²) >= 11 is 0. The Kier molecular flexibility index (Phi) is 7.68. The Morgan fingerprint density at radius 3 is 2.30 bits per heavy atom. The summed E-state index contributed by atoms with van der Waals surface area (Å²) in [6.45, 7) is 8.16. The zero-order chi connectivity index (χ0) is 23.2. The normalized spacial score (nSPS) is 15.6. The van der Waals surface area contributed by atoms with E-state index in [0.29, 0.717) is 24.4 Å². The Labute approximate surface area is 195 Å². The van der Waals surface area contributed by atoms with Gasteiger partial charge in [0.25, 0.3) is 0 Å². The lowest BCUT2D eigenvalue weighted by atomic mass is 10.0. The van der Waals surface area contributed by atoms with E-state index in [1.807, 2.05) is 49.4 Å². The second kappa shape index (κ2) is 10.9. The van der Waals surface area contributed by atoms with Crippen LogP contribution >= 0.6 is 0 Å². The molecule has 0 radical (unpaired) electrons. The molecule has 5 nitrogen and oxygen atoms in total. The number of hydrogen-bond acceptors (Lipinski definition) is 5. The minimum absolute atomic E-state index is 0.198. The minimum Gasteiger partial charge on any atom is -0.392 e. The van der Waals surface area contributed by atoms with Crippen LogP contribution < -0.4 is 4.90 Å². The fourth-order valence-electron chi connectivity index (χ4n) is 4.37. The van der Waals surface area contributed by atoms with Crippen molar-refractivity contribution in [2.75, 3.05) is 37.6 Å². The SMILES string of the molecule is CCc1nc(-c2ccccc2)nc(N2CCN(C[C@H](O)CC)CC2)c1Cc1ccccc1F. The molecule has 2 aromatic carbocycles. The third kappa shape index (κ3) is 5.57. The average molecular weight is 449 g/mol. The van der Waals surface area contributed by atoms with E-state index in [1.54, 1.807) is 6.07 Å². The molecule has 0 bridgehead atoms. The number of aliphatic hydroxyl groups excluding tert-OH is 1. The summed E-state index contributed by atoms with van der Waals surface area (Å²) in [5.74, 6) is 1.42. The molecule has 0 saturated carbocycles. The highest BCUT2D eigenvalue weighted by atomic mass is 19.1. The smallest absolute Gasteiger partial charge is 0.161 e. The van der Waals surface area contributed by atoms with Crippen LogP contribution in [0, 0.1) is 5.82 Å². The van der Waals surface area contributed by atoms with Gasteiger partial charge in [-0.05, 0) is 24.5 Å². The van der Waals surface area contributed by atoms with Crippen LogP contribution in [0.25, 0.3) is 11.4 Å². The highest BCUT2D eigenvalue weighted by Gasteiger charge is 2.25. The van der Waals surface area contributed by atoms with Gasteiger partial charge in [0, 0.05) is 56.0 Å². The monoisotopic (exact) mass is 448 g/mol. The number of aliphatic hydroxyl groups is 1. The van der Waals surface area contributed by atoms with Crippen molar-refractivity contribution in [1.29, 1.82) is 0 Å². The van der Waals surface area contributed by atoms with Crippen molar-refractivity contribution in [3.05, 3.63) is 77.2 Å². The molecule has 4 rings (SSSR count). The van der Waals surface area contributed by atoms with E-state index in [-0.39, 0.29) is 11.9 Å². The van der Waals surface area contributed by atoms with Gasteiger partial charge in [0.15, 0.2) is 5.82 Å². The summed E-state index contributed by atoms with van der Waals surface area (Å²) in [7, 11) is 0. The minimum atomic E-state index is -0.288. The lowest BCUT2D eigenvalue weighted by molar-refractivity contribution is 0.106. The van der Waals surface area contributed by atoms with Gasteiger partial charge < -0.3 is 10.0 Å². The molecule has 0 unspecified atom stereocenters. The number of nitrogens with zero attached hydrogens (tertiary/aromatic N) is 4. The quantitative estimate of drug-likeness (QED) is 0.556. The lowest BCUT2D eigenvalue weighted by Crippen LogP contribution is -2.49. The Morgan fingerprint density at radius 2 is 1.64 bits per heavy atom. The van der Waals surface area contributed by atoms with Gasteiger partial charge in [-0.15, -0.1) is 0 Å². The molecule has 1 aromatic heterocycles. The van der Waals surface area contributed by atoms with E-state index in [1.165, 1.54) is 6.07 Å². The van der Waals surface area contributed by atoms with Crippen LogP contribution in [0.15, 0.2) is 54.6 Å². The van der Waals surface area contributed by atoms with Crippen molar-refractivity contribution >= 4 is 5.82 Å². The Hall–Kier alpha value is -2.83. The van der Waals surface area contributed by atoms with Crippen molar-refractivity contribution in [3.63, 3.8) is 0 Å². The standard InChI is InChI=1S/C27H33FN4O/c1-3-22(33)19-31-14-16-32(17-15-31)27-23(18-21-12-8-9-13-24(21)28)25(4-2)29-26(30-27)20-10-6-5-7-11-20/h5-13,22,33H,3-4,14-19H2,1-2H3/t22-/m1/s1. The van der Waals surface area contributed by atoms with E-state index in [4.69, 9.17) is 9.97 Å². The van der Waals surface area contributed by atoms with E-state index < -0.39 is 0 Å². The summed E-state index contributed by atoms with van der Waals surface area (Å²) in [6.07, 6.45) is 1.69. The van der Waals surface area contributed by atoms with E-state index in [0.717, 1.165) is 61.7 Å². The molecular weight excluding hydrogens is 415 g/mol. The Morgan fingerprint density at radius 1 is 0.939 bits per heavy atom. The first-order valence-electron chi connectivity index (χ1n) is 11.9. The van der Waals surface area contributed by atoms with Crippen LogP contribution in [0.2, 0.25) is 0 Å². The summed E-state index contributed by atoms with van der Waals surface area (Å²) in [6, 6.07) is 17.0. The van der Waals surface area contributed by atoms with Crippen LogP contribution in [-0.2, 0) is 12.8 Å². The molecule has 1 aliphatic rings. The molecule has 6 heteroatoms. The van der Waals surface area contributed by atoms with Gasteiger partial charge in [0.05, 0.1) is 6.10 Å². The number of hydrogen-bond donors (Lipinski definition) is 1. The van der Waals surface area contributed by atoms with Gasteiger partial charge in [-0.1, -0.05) is 62.4 Å². The van der Waals surface area contributed by atoms with Crippen molar-refractivity contribution in [2.45, 2.75) is 39.2 Å². The van der Waals surface area contributed by atoms with Crippen molar-refractivity contribution < 1.29 is 9.50 Å². The fourth-order valence-corrected chi connectivity index (χ4v) is 4.37. The summed E-state index contributed by atoms with van der Waals surface area (Å²) < 4.78 is 14.6. The fraction of sp³-hybridized carbons (Fsp3) is 0.407. The predicted molar refractivity (Wildman–Crippen MR) is 131 cm³/mol. The number of aromatic nitrogens is 2. The summed E-state index contributed by atoms with van der Waals surface area (Å²) in [5.41, 5.74) is 3.61. The van der Waals surface area contributed by atoms with Crippen LogP contribution in [0.5, 0.6) is 0 Å². The highest BCUT2D eigenvalue weighted by Crippen LogP contribution is 2.29. The summed E-state index contributed by atoms with van der Waals surface area (Å²) in [5, 5.41) is 10.0. The molecule has 2 heterocycles. The maximum Gasteiger partial charge on any atom is 0.161 e. The van der Waals surface area contributed by atoms with E-state index >= 15 is 0 Å². The third-order valence-corrected chi connectivity index (χ3v) is 6.37.